The van der Waals surface area contributed by atoms with E-state index in [0.717, 1.165) is 12.8 Å². The van der Waals surface area contributed by atoms with Crippen molar-refractivity contribution in [2.45, 2.75) is 63.9 Å². The molecular formula is C15H24HgO4. The van der Waals surface area contributed by atoms with Gasteiger partial charge in [-0.15, -0.1) is 0 Å². The molecular weight excluding hydrogens is 445 g/mol. The van der Waals surface area contributed by atoms with Gasteiger partial charge in [-0.2, -0.15) is 0 Å². The number of rotatable bonds is 3. The van der Waals surface area contributed by atoms with Crippen molar-refractivity contribution in [2.75, 3.05) is 0 Å². The van der Waals surface area contributed by atoms with Crippen molar-refractivity contribution in [3.05, 3.63) is 0 Å². The summed E-state index contributed by atoms with van der Waals surface area (Å²) < 4.78 is 11.5. The Hall–Kier alpha value is -0.125. The fourth-order valence-electron chi connectivity index (χ4n) is 4.59. The van der Waals surface area contributed by atoms with Crippen molar-refractivity contribution in [2.24, 2.45) is 16.2 Å². The van der Waals surface area contributed by atoms with Crippen LogP contribution in [0.5, 0.6) is 0 Å². The summed E-state index contributed by atoms with van der Waals surface area (Å²) in [6, 6.07) is 0. The van der Waals surface area contributed by atoms with E-state index >= 15 is 0 Å². The predicted molar refractivity (Wildman–Crippen MR) is 70.3 cm³/mol. The minimum atomic E-state index is -1.91. The Morgan fingerprint density at radius 1 is 1.00 bits per heavy atom. The summed E-state index contributed by atoms with van der Waals surface area (Å²) in [5.41, 5.74) is 0.224. The van der Waals surface area contributed by atoms with Gasteiger partial charge in [-0.3, -0.25) is 0 Å². The molecule has 110 valence electrons. The van der Waals surface area contributed by atoms with Gasteiger partial charge in [0, 0.05) is 0 Å². The first-order valence-corrected chi connectivity index (χ1v) is 12.8. The van der Waals surface area contributed by atoms with Crippen LogP contribution in [0.25, 0.3) is 0 Å². The van der Waals surface area contributed by atoms with Crippen molar-refractivity contribution in [3.63, 3.8) is 0 Å². The summed E-state index contributed by atoms with van der Waals surface area (Å²) in [4.78, 5) is 22.7. The second-order valence-electron chi connectivity index (χ2n) is 7.40. The number of ether oxygens (including phenoxy) is 1. The van der Waals surface area contributed by atoms with Gasteiger partial charge in [-0.25, -0.2) is 0 Å². The molecule has 5 heteroatoms. The quantitative estimate of drug-likeness (QED) is 0.472. The van der Waals surface area contributed by atoms with Gasteiger partial charge >= 0.3 is 134 Å². The average Bonchev–Trinajstić information content (AvgIpc) is 2.55. The second kappa shape index (κ2) is 4.96. The Balaban J connectivity index is 2.36. The van der Waals surface area contributed by atoms with E-state index in [1.54, 1.807) is 0 Å². The topological polar surface area (TPSA) is 52.6 Å². The van der Waals surface area contributed by atoms with Gasteiger partial charge in [-0.05, 0) is 0 Å². The molecule has 0 N–H and O–H groups in total. The maximum atomic E-state index is 11.5. The second-order valence-corrected chi connectivity index (χ2v) is 13.2. The van der Waals surface area contributed by atoms with E-state index < -0.39 is 25.0 Å². The predicted octanol–water partition coefficient (Wildman–Crippen LogP) is 3.11. The first kappa shape index (κ1) is 16.2. The van der Waals surface area contributed by atoms with E-state index in [0.29, 0.717) is 3.43 Å². The molecule has 2 saturated carbocycles. The summed E-state index contributed by atoms with van der Waals surface area (Å²) in [5.74, 6) is -0.396. The zero-order valence-electron chi connectivity index (χ0n) is 13.4. The first-order chi connectivity index (χ1) is 9.06. The molecule has 2 fully saturated rings. The van der Waals surface area contributed by atoms with Gasteiger partial charge in [0.2, 0.25) is 0 Å². The fourth-order valence-corrected chi connectivity index (χ4v) is 13.5. The SMILES string of the molecule is CC(=O)[O][Hg][C@@H]1[C@H](OC(C)=O)[C@@]2(C)CC[C@]1(C)C2(C)C. The zero-order chi connectivity index (χ0) is 15.3. The Kier molecular flexibility index (Phi) is 4.03. The Morgan fingerprint density at radius 3 is 2.05 bits per heavy atom. The number of hydrogen-bond acceptors (Lipinski definition) is 4. The van der Waals surface area contributed by atoms with Crippen LogP contribution in [-0.4, -0.2) is 18.0 Å². The standard InChI is InChI=1S/C13H21O2.C2H4O2.Hg/c1-9(14)15-10-8-12(4)6-7-13(10,5)11(12,2)3;1-2(3)4;/h8,10H,6-7H2,1-5H3;1H3,(H,3,4);/q;;+1/p-1/t10-,12-,13+;;/m0../s1. The number of fused-ring (bicyclic) bond motifs is 2. The molecule has 4 nitrogen and oxygen atoms in total. The average molecular weight is 469 g/mol. The third-order valence-electron chi connectivity index (χ3n) is 6.59. The molecule has 0 aliphatic heterocycles. The summed E-state index contributed by atoms with van der Waals surface area (Å²) in [6.07, 6.45) is 2.15. The van der Waals surface area contributed by atoms with Crippen LogP contribution in [-0.2, 0) is 42.0 Å². The molecule has 0 radical (unpaired) electrons. The molecule has 2 bridgehead atoms. The molecule has 0 heterocycles. The van der Waals surface area contributed by atoms with Gasteiger partial charge in [-0.1, -0.05) is 0 Å². The van der Waals surface area contributed by atoms with Crippen molar-refractivity contribution >= 4 is 11.9 Å². The van der Waals surface area contributed by atoms with Crippen molar-refractivity contribution in [3.8, 4) is 0 Å². The van der Waals surface area contributed by atoms with Gasteiger partial charge in [0.15, 0.2) is 0 Å². The first-order valence-electron chi connectivity index (χ1n) is 7.37. The van der Waals surface area contributed by atoms with Crippen molar-refractivity contribution in [1.82, 2.24) is 0 Å². The van der Waals surface area contributed by atoms with E-state index in [-0.39, 0.29) is 34.3 Å². The molecule has 20 heavy (non-hydrogen) atoms. The summed E-state index contributed by atoms with van der Waals surface area (Å²) in [7, 11) is 0. The molecule has 2 rings (SSSR count). The molecule has 0 saturated heterocycles. The van der Waals surface area contributed by atoms with E-state index in [2.05, 4.69) is 27.7 Å². The van der Waals surface area contributed by atoms with Crippen LogP contribution in [0.15, 0.2) is 0 Å². The van der Waals surface area contributed by atoms with Gasteiger partial charge in [0.1, 0.15) is 0 Å². The zero-order valence-corrected chi connectivity index (χ0v) is 18.9. The molecule has 0 amide bonds. The van der Waals surface area contributed by atoms with Gasteiger partial charge in [0.25, 0.3) is 0 Å². The van der Waals surface area contributed by atoms with Crippen LogP contribution in [0, 0.1) is 16.2 Å². The fraction of sp³-hybridized carbons (Fsp3) is 0.867. The minimum absolute atomic E-state index is 0.00175. The van der Waals surface area contributed by atoms with E-state index in [1.807, 2.05) is 0 Å². The molecule has 0 spiro atoms. The molecule has 0 unspecified atom stereocenters. The van der Waals surface area contributed by atoms with Crippen LogP contribution in [0.2, 0.25) is 3.43 Å². The normalized spacial score (nSPS) is 41.1. The number of hydrogen-bond donors (Lipinski definition) is 0. The Bertz CT molecular complexity index is 447. The van der Waals surface area contributed by atoms with Crippen LogP contribution in [0.1, 0.15) is 54.4 Å². The molecule has 0 aromatic rings. The van der Waals surface area contributed by atoms with Crippen LogP contribution >= 0.6 is 0 Å². The van der Waals surface area contributed by atoms with Crippen molar-refractivity contribution < 1.29 is 42.0 Å². The molecule has 2 aliphatic carbocycles. The van der Waals surface area contributed by atoms with Crippen LogP contribution in [0.3, 0.4) is 0 Å². The van der Waals surface area contributed by atoms with Crippen LogP contribution in [0.4, 0.5) is 0 Å². The van der Waals surface area contributed by atoms with E-state index in [4.69, 9.17) is 7.38 Å². The van der Waals surface area contributed by atoms with E-state index in [9.17, 15) is 9.59 Å². The monoisotopic (exact) mass is 470 g/mol. The van der Waals surface area contributed by atoms with E-state index in [1.165, 1.54) is 13.8 Å². The van der Waals surface area contributed by atoms with Crippen LogP contribution < -0.4 is 0 Å². The number of esters is 1. The summed E-state index contributed by atoms with van der Waals surface area (Å²) in [6.45, 7) is 12.1. The molecule has 0 aromatic heterocycles. The number of carbonyl (C=O) groups excluding carboxylic acids is 2. The molecule has 4 atom stereocenters. The van der Waals surface area contributed by atoms with Gasteiger partial charge < -0.3 is 0 Å². The maximum absolute atomic E-state index is 11.5. The molecule has 0 aromatic carbocycles. The Labute approximate surface area is 134 Å². The summed E-state index contributed by atoms with van der Waals surface area (Å²) in [5, 5.41) is 0. The third kappa shape index (κ3) is 2.05. The Morgan fingerprint density at radius 2 is 1.55 bits per heavy atom. The van der Waals surface area contributed by atoms with Crippen molar-refractivity contribution in [1.29, 1.82) is 0 Å². The third-order valence-corrected chi connectivity index (χ3v) is 15.4. The number of carbonyl (C=O) groups is 2. The molecule has 2 aliphatic rings. The van der Waals surface area contributed by atoms with Gasteiger partial charge in [0.05, 0.1) is 0 Å². The summed E-state index contributed by atoms with van der Waals surface area (Å²) >= 11 is -1.91.